The normalized spacial score (nSPS) is 16.3. The van der Waals surface area contributed by atoms with Crippen molar-refractivity contribution in [2.24, 2.45) is 0 Å². The summed E-state index contributed by atoms with van der Waals surface area (Å²) in [5.41, 5.74) is 1.97. The minimum Gasteiger partial charge on any atom is -0.368 e. The van der Waals surface area contributed by atoms with Crippen LogP contribution in [0.3, 0.4) is 0 Å². The highest BCUT2D eigenvalue weighted by Gasteiger charge is 2.23. The third-order valence-corrected chi connectivity index (χ3v) is 5.73. The van der Waals surface area contributed by atoms with Crippen LogP contribution in [0, 0.1) is 0 Å². The first kappa shape index (κ1) is 16.9. The molecule has 24 heavy (non-hydrogen) atoms. The van der Waals surface area contributed by atoms with Gasteiger partial charge >= 0.3 is 0 Å². The van der Waals surface area contributed by atoms with Crippen molar-refractivity contribution in [3.8, 4) is 0 Å². The van der Waals surface area contributed by atoms with Crippen LogP contribution >= 0.6 is 0 Å². The van der Waals surface area contributed by atoms with Crippen molar-refractivity contribution in [1.29, 1.82) is 0 Å². The molecule has 3 rings (SSSR count). The maximum absolute atomic E-state index is 12.2. The van der Waals surface area contributed by atoms with Crippen LogP contribution in [0.25, 0.3) is 0 Å². The van der Waals surface area contributed by atoms with Crippen molar-refractivity contribution in [3.63, 3.8) is 0 Å². The summed E-state index contributed by atoms with van der Waals surface area (Å²) >= 11 is 0. The lowest BCUT2D eigenvalue weighted by Gasteiger charge is -2.36. The molecule has 6 nitrogen and oxygen atoms in total. The zero-order chi connectivity index (χ0) is 17.0. The van der Waals surface area contributed by atoms with E-state index in [1.807, 2.05) is 24.4 Å². The molecule has 7 heteroatoms. The summed E-state index contributed by atoms with van der Waals surface area (Å²) in [5, 5.41) is 0. The number of nitrogens with one attached hydrogen (secondary N) is 1. The van der Waals surface area contributed by atoms with E-state index < -0.39 is 10.0 Å². The summed E-state index contributed by atoms with van der Waals surface area (Å²) in [7, 11) is -2.01. The highest BCUT2D eigenvalue weighted by Crippen LogP contribution is 2.26. The third kappa shape index (κ3) is 3.75. The fourth-order valence-corrected chi connectivity index (χ4v) is 3.90. The molecule has 1 aromatic carbocycles. The van der Waals surface area contributed by atoms with Gasteiger partial charge in [-0.2, -0.15) is 0 Å². The Labute approximate surface area is 143 Å². The highest BCUT2D eigenvalue weighted by molar-refractivity contribution is 7.89. The van der Waals surface area contributed by atoms with Gasteiger partial charge in [-0.25, -0.2) is 13.1 Å². The van der Waals surface area contributed by atoms with Crippen molar-refractivity contribution in [3.05, 3.63) is 54.4 Å². The minimum atomic E-state index is -3.45. The van der Waals surface area contributed by atoms with Gasteiger partial charge < -0.3 is 4.90 Å². The van der Waals surface area contributed by atoms with Crippen LogP contribution in [0.5, 0.6) is 0 Å². The number of hydrogen-bond donors (Lipinski definition) is 1. The number of sulfonamides is 1. The molecule has 2 aromatic rings. The largest absolute Gasteiger partial charge is 0.368 e. The molecule has 1 saturated heterocycles. The Morgan fingerprint density at radius 2 is 1.83 bits per heavy atom. The van der Waals surface area contributed by atoms with Crippen LogP contribution < -0.4 is 9.62 Å². The number of nitrogens with zero attached hydrogens (tertiary/aromatic N) is 3. The minimum absolute atomic E-state index is 0.341. The van der Waals surface area contributed by atoms with E-state index in [1.54, 1.807) is 18.3 Å². The number of rotatable bonds is 5. The summed E-state index contributed by atoms with van der Waals surface area (Å²) in [4.78, 5) is 9.00. The van der Waals surface area contributed by atoms with E-state index in [0.717, 1.165) is 38.4 Å². The number of anilines is 1. The standard InChI is InChI=1S/C17H22N4O2S/c1-18-24(22,23)17-7-3-2-6-16(17)21-11-9-20(10-12-21)14-15-5-4-8-19-13-15/h2-8,13,18H,9-12,14H2,1H3. The fourth-order valence-electron chi connectivity index (χ4n) is 2.95. The van der Waals surface area contributed by atoms with Gasteiger partial charge in [0, 0.05) is 45.1 Å². The number of para-hydroxylation sites is 1. The van der Waals surface area contributed by atoms with Crippen LogP contribution in [0.1, 0.15) is 5.56 Å². The SMILES string of the molecule is CNS(=O)(=O)c1ccccc1N1CCN(Cc2cccnc2)CC1. The van der Waals surface area contributed by atoms with Crippen LogP contribution in [0.15, 0.2) is 53.7 Å². The number of pyridine rings is 1. The molecular weight excluding hydrogens is 324 g/mol. The van der Waals surface area contributed by atoms with E-state index in [9.17, 15) is 8.42 Å². The van der Waals surface area contributed by atoms with Gasteiger partial charge in [-0.05, 0) is 30.8 Å². The molecule has 1 fully saturated rings. The van der Waals surface area contributed by atoms with E-state index in [1.165, 1.54) is 12.6 Å². The fraction of sp³-hybridized carbons (Fsp3) is 0.353. The molecule has 128 valence electrons. The van der Waals surface area contributed by atoms with Gasteiger partial charge in [0.1, 0.15) is 4.90 Å². The van der Waals surface area contributed by atoms with Gasteiger partial charge in [-0.3, -0.25) is 9.88 Å². The Bertz CT molecular complexity index is 772. The second-order valence-electron chi connectivity index (χ2n) is 5.80. The lowest BCUT2D eigenvalue weighted by molar-refractivity contribution is 0.249. The van der Waals surface area contributed by atoms with Gasteiger partial charge in [0.05, 0.1) is 5.69 Å². The van der Waals surface area contributed by atoms with E-state index in [2.05, 4.69) is 25.6 Å². The third-order valence-electron chi connectivity index (χ3n) is 4.27. The predicted octanol–water partition coefficient (Wildman–Crippen LogP) is 1.31. The Kier molecular flexibility index (Phi) is 5.13. The molecule has 0 aliphatic carbocycles. The number of piperazine rings is 1. The second kappa shape index (κ2) is 7.29. The van der Waals surface area contributed by atoms with Gasteiger partial charge in [0.25, 0.3) is 0 Å². The topological polar surface area (TPSA) is 65.5 Å². The number of hydrogen-bond acceptors (Lipinski definition) is 5. The van der Waals surface area contributed by atoms with Gasteiger partial charge in [-0.15, -0.1) is 0 Å². The molecule has 1 aromatic heterocycles. The maximum Gasteiger partial charge on any atom is 0.242 e. The predicted molar refractivity (Wildman–Crippen MR) is 94.4 cm³/mol. The Hall–Kier alpha value is -1.96. The molecule has 0 unspecified atom stereocenters. The maximum atomic E-state index is 12.2. The summed E-state index contributed by atoms with van der Waals surface area (Å²) in [5.74, 6) is 0. The van der Waals surface area contributed by atoms with Crippen molar-refractivity contribution in [2.75, 3.05) is 38.1 Å². The summed E-state index contributed by atoms with van der Waals surface area (Å²) in [6, 6.07) is 11.2. The molecule has 1 N–H and O–H groups in total. The molecule has 2 heterocycles. The quantitative estimate of drug-likeness (QED) is 0.884. The molecule has 0 spiro atoms. The molecule has 1 aliphatic heterocycles. The van der Waals surface area contributed by atoms with Gasteiger partial charge in [-0.1, -0.05) is 18.2 Å². The molecule has 0 bridgehead atoms. The van der Waals surface area contributed by atoms with Gasteiger partial charge in [0.2, 0.25) is 10.0 Å². The van der Waals surface area contributed by atoms with Crippen LogP contribution in [0.2, 0.25) is 0 Å². The van der Waals surface area contributed by atoms with Crippen molar-refractivity contribution < 1.29 is 8.42 Å². The van der Waals surface area contributed by atoms with E-state index >= 15 is 0 Å². The summed E-state index contributed by atoms with van der Waals surface area (Å²) < 4.78 is 26.8. The smallest absolute Gasteiger partial charge is 0.242 e. The summed E-state index contributed by atoms with van der Waals surface area (Å²) in [6.07, 6.45) is 3.67. The first-order valence-corrected chi connectivity index (χ1v) is 9.47. The molecule has 0 amide bonds. The average molecular weight is 346 g/mol. The lowest BCUT2D eigenvalue weighted by atomic mass is 10.2. The zero-order valence-electron chi connectivity index (χ0n) is 13.7. The Morgan fingerprint density at radius 1 is 1.08 bits per heavy atom. The molecule has 0 saturated carbocycles. The van der Waals surface area contributed by atoms with Crippen LogP contribution in [-0.2, 0) is 16.6 Å². The van der Waals surface area contributed by atoms with E-state index in [0.29, 0.717) is 4.90 Å². The molecule has 0 radical (unpaired) electrons. The van der Waals surface area contributed by atoms with Crippen LogP contribution in [0.4, 0.5) is 5.69 Å². The molecule has 0 atom stereocenters. The lowest BCUT2D eigenvalue weighted by Crippen LogP contribution is -2.46. The van der Waals surface area contributed by atoms with Crippen molar-refractivity contribution in [2.45, 2.75) is 11.4 Å². The first-order valence-electron chi connectivity index (χ1n) is 7.99. The van der Waals surface area contributed by atoms with Gasteiger partial charge in [0.15, 0.2) is 0 Å². The van der Waals surface area contributed by atoms with E-state index in [-0.39, 0.29) is 0 Å². The zero-order valence-corrected chi connectivity index (χ0v) is 14.5. The van der Waals surface area contributed by atoms with Crippen molar-refractivity contribution in [1.82, 2.24) is 14.6 Å². The molecular formula is C17H22N4O2S. The van der Waals surface area contributed by atoms with Crippen molar-refractivity contribution >= 4 is 15.7 Å². The van der Waals surface area contributed by atoms with Crippen LogP contribution in [-0.4, -0.2) is 51.5 Å². The average Bonchev–Trinajstić information content (AvgIpc) is 2.63. The first-order chi connectivity index (χ1) is 11.6. The summed E-state index contributed by atoms with van der Waals surface area (Å²) in [6.45, 7) is 4.26. The molecule has 1 aliphatic rings. The highest BCUT2D eigenvalue weighted by atomic mass is 32.2. The number of benzene rings is 1. The monoisotopic (exact) mass is 346 g/mol. The second-order valence-corrected chi connectivity index (χ2v) is 7.65. The number of aromatic nitrogens is 1. The Balaban J connectivity index is 1.69. The Morgan fingerprint density at radius 3 is 2.50 bits per heavy atom. The van der Waals surface area contributed by atoms with E-state index in [4.69, 9.17) is 0 Å².